The number of methoxy groups -OCH3 is 1. The van der Waals surface area contributed by atoms with Crippen molar-refractivity contribution in [2.45, 2.75) is 39.3 Å². The van der Waals surface area contributed by atoms with Gasteiger partial charge < -0.3 is 14.5 Å². The number of nitrogens with zero attached hydrogens (tertiary/aromatic N) is 1. The first kappa shape index (κ1) is 17.8. The molecular formula is C17H22N2O5. The molecule has 0 saturated carbocycles. The average molecular weight is 334 g/mol. The summed E-state index contributed by atoms with van der Waals surface area (Å²) in [5, 5.41) is 2.67. The lowest BCUT2D eigenvalue weighted by molar-refractivity contribution is -0.145. The highest BCUT2D eigenvalue weighted by atomic mass is 16.5. The Hall–Kier alpha value is -2.57. The minimum absolute atomic E-state index is 0.0645. The van der Waals surface area contributed by atoms with E-state index in [-0.39, 0.29) is 24.8 Å². The number of hydrogen-bond donors (Lipinski definition) is 1. The number of carbonyl (C=O) groups is 2. The molecule has 0 aliphatic carbocycles. The topological polar surface area (TPSA) is 90.5 Å². The Labute approximate surface area is 139 Å². The fourth-order valence-corrected chi connectivity index (χ4v) is 2.53. The van der Waals surface area contributed by atoms with Crippen LogP contribution in [-0.4, -0.2) is 29.6 Å². The summed E-state index contributed by atoms with van der Waals surface area (Å²) < 4.78 is 11.2. The number of carbonyl (C=O) groups excluding carboxylic acids is 2. The second-order valence-electron chi connectivity index (χ2n) is 6.01. The molecule has 0 bridgehead atoms. The Kier molecular flexibility index (Phi) is 5.78. The van der Waals surface area contributed by atoms with Crippen molar-refractivity contribution < 1.29 is 18.7 Å². The van der Waals surface area contributed by atoms with Gasteiger partial charge >= 0.3 is 11.7 Å². The highest BCUT2D eigenvalue weighted by molar-refractivity contribution is 5.84. The number of nitrogens with one attached hydrogen (secondary N) is 1. The lowest BCUT2D eigenvalue weighted by Gasteiger charge is -2.18. The summed E-state index contributed by atoms with van der Waals surface area (Å²) in [5.74, 6) is -1.06. The molecule has 2 rings (SSSR count). The Balaban J connectivity index is 2.02. The maximum atomic E-state index is 12.1. The molecule has 130 valence electrons. The third-order valence-corrected chi connectivity index (χ3v) is 3.66. The molecule has 24 heavy (non-hydrogen) atoms. The first-order valence-electron chi connectivity index (χ1n) is 7.88. The van der Waals surface area contributed by atoms with E-state index in [1.54, 1.807) is 24.3 Å². The molecule has 7 heteroatoms. The maximum Gasteiger partial charge on any atom is 0.419 e. The predicted octanol–water partition coefficient (Wildman–Crippen LogP) is 1.69. The third-order valence-electron chi connectivity index (χ3n) is 3.66. The number of oxazole rings is 1. The summed E-state index contributed by atoms with van der Waals surface area (Å²) in [6.45, 7) is 4.09. The molecule has 1 atom stereocenters. The molecule has 1 aromatic carbocycles. The number of para-hydroxylation sites is 2. The van der Waals surface area contributed by atoms with Crippen molar-refractivity contribution in [3.63, 3.8) is 0 Å². The normalized spacial score (nSPS) is 12.3. The highest BCUT2D eigenvalue weighted by Crippen LogP contribution is 2.12. The molecule has 0 radical (unpaired) electrons. The molecular weight excluding hydrogens is 312 g/mol. The zero-order chi connectivity index (χ0) is 17.7. The summed E-state index contributed by atoms with van der Waals surface area (Å²) in [5.41, 5.74) is 1.12. The van der Waals surface area contributed by atoms with E-state index < -0.39 is 17.8 Å². The summed E-state index contributed by atoms with van der Waals surface area (Å²) in [4.78, 5) is 35.7. The number of rotatable bonds is 7. The minimum Gasteiger partial charge on any atom is -0.467 e. The van der Waals surface area contributed by atoms with Crippen molar-refractivity contribution in [1.82, 2.24) is 9.88 Å². The van der Waals surface area contributed by atoms with Crippen LogP contribution in [0.15, 0.2) is 33.5 Å². The largest absolute Gasteiger partial charge is 0.467 e. The van der Waals surface area contributed by atoms with Crippen LogP contribution >= 0.6 is 0 Å². The van der Waals surface area contributed by atoms with Gasteiger partial charge in [-0.1, -0.05) is 26.0 Å². The molecule has 0 unspecified atom stereocenters. The highest BCUT2D eigenvalue weighted by Gasteiger charge is 2.22. The smallest absolute Gasteiger partial charge is 0.419 e. The summed E-state index contributed by atoms with van der Waals surface area (Å²) in [6, 6.07) is 6.34. The molecule has 0 fully saturated rings. The molecule has 1 N–H and O–H groups in total. The van der Waals surface area contributed by atoms with E-state index in [9.17, 15) is 14.4 Å². The molecule has 0 aliphatic rings. The predicted molar refractivity (Wildman–Crippen MR) is 88.5 cm³/mol. The zero-order valence-electron chi connectivity index (χ0n) is 14.1. The zero-order valence-corrected chi connectivity index (χ0v) is 14.1. The number of benzene rings is 1. The van der Waals surface area contributed by atoms with Gasteiger partial charge in [-0.2, -0.15) is 0 Å². The van der Waals surface area contributed by atoms with Crippen LogP contribution in [0.4, 0.5) is 0 Å². The monoisotopic (exact) mass is 334 g/mol. The number of fused-ring (bicyclic) bond motifs is 1. The Bertz CT molecular complexity index is 775. The van der Waals surface area contributed by atoms with Crippen LogP contribution < -0.4 is 11.1 Å². The fourth-order valence-electron chi connectivity index (χ4n) is 2.53. The number of esters is 1. The van der Waals surface area contributed by atoms with E-state index in [4.69, 9.17) is 9.15 Å². The van der Waals surface area contributed by atoms with Gasteiger partial charge in [0.05, 0.1) is 12.6 Å². The summed E-state index contributed by atoms with van der Waals surface area (Å²) in [6.07, 6.45) is 0.558. The van der Waals surface area contributed by atoms with Crippen molar-refractivity contribution in [2.75, 3.05) is 7.11 Å². The van der Waals surface area contributed by atoms with E-state index in [1.807, 2.05) is 13.8 Å². The van der Waals surface area contributed by atoms with Gasteiger partial charge in [-0.15, -0.1) is 0 Å². The Morgan fingerprint density at radius 3 is 2.67 bits per heavy atom. The van der Waals surface area contributed by atoms with E-state index in [0.717, 1.165) is 0 Å². The second-order valence-corrected chi connectivity index (χ2v) is 6.01. The number of aryl methyl sites for hydroxylation is 1. The molecule has 2 aromatic rings. The molecule has 1 aromatic heterocycles. The van der Waals surface area contributed by atoms with Crippen molar-refractivity contribution in [3.8, 4) is 0 Å². The number of amides is 1. The van der Waals surface area contributed by atoms with Crippen LogP contribution in [0.2, 0.25) is 0 Å². The maximum absolute atomic E-state index is 12.1. The van der Waals surface area contributed by atoms with Crippen LogP contribution in [0.3, 0.4) is 0 Å². The Morgan fingerprint density at radius 1 is 1.29 bits per heavy atom. The van der Waals surface area contributed by atoms with Gasteiger partial charge in [-0.3, -0.25) is 9.36 Å². The quantitative estimate of drug-likeness (QED) is 0.778. The van der Waals surface area contributed by atoms with Crippen molar-refractivity contribution >= 4 is 23.0 Å². The Morgan fingerprint density at radius 2 is 2.00 bits per heavy atom. The van der Waals surface area contributed by atoms with Crippen LogP contribution in [0.5, 0.6) is 0 Å². The minimum atomic E-state index is -0.680. The molecule has 0 aliphatic heterocycles. The summed E-state index contributed by atoms with van der Waals surface area (Å²) in [7, 11) is 1.29. The van der Waals surface area contributed by atoms with Gasteiger partial charge in [0, 0.05) is 13.0 Å². The number of hydrogen-bond acceptors (Lipinski definition) is 5. The first-order chi connectivity index (χ1) is 11.4. The van der Waals surface area contributed by atoms with E-state index in [2.05, 4.69) is 5.32 Å². The van der Waals surface area contributed by atoms with Crippen molar-refractivity contribution in [2.24, 2.45) is 5.92 Å². The first-order valence-corrected chi connectivity index (χ1v) is 7.88. The van der Waals surface area contributed by atoms with E-state index >= 15 is 0 Å². The van der Waals surface area contributed by atoms with E-state index in [1.165, 1.54) is 11.7 Å². The van der Waals surface area contributed by atoms with Gasteiger partial charge in [0.1, 0.15) is 6.04 Å². The van der Waals surface area contributed by atoms with Gasteiger partial charge in [-0.25, -0.2) is 9.59 Å². The molecule has 1 amide bonds. The van der Waals surface area contributed by atoms with Crippen molar-refractivity contribution in [3.05, 3.63) is 34.8 Å². The van der Waals surface area contributed by atoms with E-state index in [0.29, 0.717) is 17.5 Å². The van der Waals surface area contributed by atoms with Crippen LogP contribution in [-0.2, 0) is 20.9 Å². The van der Waals surface area contributed by atoms with Crippen molar-refractivity contribution in [1.29, 1.82) is 0 Å². The average Bonchev–Trinajstić information content (AvgIpc) is 2.86. The molecule has 7 nitrogen and oxygen atoms in total. The second kappa shape index (κ2) is 7.81. The summed E-state index contributed by atoms with van der Waals surface area (Å²) >= 11 is 0. The van der Waals surface area contributed by atoms with Crippen LogP contribution in [0.25, 0.3) is 11.1 Å². The third kappa shape index (κ3) is 4.24. The molecule has 1 heterocycles. The SMILES string of the molecule is COC(=O)[C@@H](CC(C)C)NC(=O)CCn1c(=O)oc2ccccc21. The van der Waals surface area contributed by atoms with Crippen LogP contribution in [0, 0.1) is 5.92 Å². The van der Waals surface area contributed by atoms with Crippen LogP contribution in [0.1, 0.15) is 26.7 Å². The fraction of sp³-hybridized carbons (Fsp3) is 0.471. The van der Waals surface area contributed by atoms with Gasteiger partial charge in [0.25, 0.3) is 0 Å². The van der Waals surface area contributed by atoms with Gasteiger partial charge in [0.15, 0.2) is 5.58 Å². The standard InChI is InChI=1S/C17H22N2O5/c1-11(2)10-12(16(21)23-3)18-15(20)8-9-19-13-6-4-5-7-14(13)24-17(19)22/h4-7,11-12H,8-10H2,1-3H3,(H,18,20)/t12-/m1/s1. The van der Waals surface area contributed by atoms with Gasteiger partial charge in [-0.05, 0) is 24.5 Å². The number of aromatic nitrogens is 1. The lowest BCUT2D eigenvalue weighted by atomic mass is 10.0. The lowest BCUT2D eigenvalue weighted by Crippen LogP contribution is -2.42. The molecule has 0 saturated heterocycles. The number of ether oxygens (including phenoxy) is 1. The molecule has 0 spiro atoms. The van der Waals surface area contributed by atoms with Gasteiger partial charge in [0.2, 0.25) is 5.91 Å².